The smallest absolute Gasteiger partial charge is 0.360 e. The molecule has 0 aliphatic rings. The number of nitrogens with zero attached hydrogens (tertiary/aromatic N) is 2. The number of carboxylic acids is 1. The Morgan fingerprint density at radius 1 is 1.38 bits per heavy atom. The maximum absolute atomic E-state index is 12.0. The van der Waals surface area contributed by atoms with Crippen molar-refractivity contribution in [3.63, 3.8) is 0 Å². The van der Waals surface area contributed by atoms with Gasteiger partial charge in [0.25, 0.3) is 0 Å². The third-order valence-electron chi connectivity index (χ3n) is 3.05. The number of hydrogen-bond acceptors (Lipinski definition) is 8. The summed E-state index contributed by atoms with van der Waals surface area (Å²) < 4.78 is 5.14. The summed E-state index contributed by atoms with van der Waals surface area (Å²) in [5.74, 6) is -1.94. The van der Waals surface area contributed by atoms with Crippen LogP contribution in [0.3, 0.4) is 0 Å². The minimum atomic E-state index is -1.41. The number of oxime groups is 1. The van der Waals surface area contributed by atoms with E-state index in [-0.39, 0.29) is 10.8 Å². The molecule has 0 aromatic carbocycles. The topological polar surface area (TPSA) is 124 Å². The first kappa shape index (κ1) is 19.9. The molecule has 0 radical (unpaired) electrons. The molecule has 1 aromatic heterocycles. The molecular weight excluding hydrogens is 334 g/mol. The fraction of sp³-hybridized carbons (Fsp3) is 0.600. The van der Waals surface area contributed by atoms with Gasteiger partial charge in [0.05, 0.1) is 6.61 Å². The molecule has 0 atom stereocenters. The van der Waals surface area contributed by atoms with E-state index in [9.17, 15) is 14.7 Å². The van der Waals surface area contributed by atoms with Crippen molar-refractivity contribution in [1.82, 2.24) is 4.98 Å². The van der Waals surface area contributed by atoms with Crippen molar-refractivity contribution < 1.29 is 24.3 Å². The molecule has 134 valence electrons. The molecular formula is C15H23N3O5S. The minimum absolute atomic E-state index is 0.0775. The number of anilines is 1. The molecule has 0 amide bonds. The van der Waals surface area contributed by atoms with Gasteiger partial charge in [-0.3, -0.25) is 0 Å². The summed E-state index contributed by atoms with van der Waals surface area (Å²) in [6.45, 7) is 5.31. The third-order valence-corrected chi connectivity index (χ3v) is 3.73. The second-order valence-electron chi connectivity index (χ2n) is 5.61. The monoisotopic (exact) mass is 357 g/mol. The molecule has 0 saturated heterocycles. The van der Waals surface area contributed by atoms with Crippen LogP contribution in [-0.2, 0) is 19.2 Å². The van der Waals surface area contributed by atoms with E-state index < -0.39 is 23.3 Å². The normalized spacial score (nSPS) is 12.0. The number of esters is 1. The van der Waals surface area contributed by atoms with Crippen LogP contribution >= 0.6 is 11.3 Å². The number of ether oxygens (including phenoxy) is 1. The minimum Gasteiger partial charge on any atom is -0.476 e. The number of nitrogens with two attached hydrogens (primary N) is 1. The van der Waals surface area contributed by atoms with E-state index >= 15 is 0 Å². The molecule has 0 aliphatic heterocycles. The van der Waals surface area contributed by atoms with Crippen LogP contribution in [0.5, 0.6) is 0 Å². The Morgan fingerprint density at radius 2 is 2.08 bits per heavy atom. The number of unbranched alkanes of at least 4 members (excludes halogenated alkanes) is 3. The van der Waals surface area contributed by atoms with Crippen molar-refractivity contribution in [1.29, 1.82) is 0 Å². The van der Waals surface area contributed by atoms with Crippen molar-refractivity contribution in [3.8, 4) is 0 Å². The Labute approximate surface area is 144 Å². The van der Waals surface area contributed by atoms with E-state index in [4.69, 9.17) is 15.3 Å². The van der Waals surface area contributed by atoms with Gasteiger partial charge in [-0.1, -0.05) is 31.3 Å². The van der Waals surface area contributed by atoms with Crippen LogP contribution in [0.1, 0.15) is 52.1 Å². The molecule has 24 heavy (non-hydrogen) atoms. The number of carbonyl (C=O) groups excluding carboxylic acids is 1. The van der Waals surface area contributed by atoms with E-state index in [0.717, 1.165) is 37.0 Å². The first-order chi connectivity index (χ1) is 11.3. The highest BCUT2D eigenvalue weighted by Gasteiger charge is 2.33. The zero-order chi connectivity index (χ0) is 18.2. The van der Waals surface area contributed by atoms with Gasteiger partial charge < -0.3 is 20.4 Å². The molecule has 9 heteroatoms. The molecule has 1 rings (SSSR count). The zero-order valence-corrected chi connectivity index (χ0v) is 14.9. The van der Waals surface area contributed by atoms with Gasteiger partial charge in [0.1, 0.15) is 5.69 Å². The Balaban J connectivity index is 2.66. The largest absolute Gasteiger partial charge is 0.476 e. The number of nitrogen functional groups attached to an aromatic ring is 1. The quantitative estimate of drug-likeness (QED) is 0.285. The first-order valence-corrected chi connectivity index (χ1v) is 8.54. The van der Waals surface area contributed by atoms with Gasteiger partial charge in [-0.15, -0.1) is 11.3 Å². The zero-order valence-electron chi connectivity index (χ0n) is 14.1. The SMILES string of the molecule is CCCCCCOC(=O)C(C)(C)O/N=C(\C(=O)O)c1csc(N)n1. The van der Waals surface area contributed by atoms with Gasteiger partial charge in [0, 0.05) is 5.38 Å². The van der Waals surface area contributed by atoms with Gasteiger partial charge in [0.2, 0.25) is 11.3 Å². The lowest BCUT2D eigenvalue weighted by Crippen LogP contribution is -2.36. The molecule has 0 saturated carbocycles. The van der Waals surface area contributed by atoms with Crippen molar-refractivity contribution in [2.45, 2.75) is 52.1 Å². The highest BCUT2D eigenvalue weighted by molar-refractivity contribution is 7.13. The lowest BCUT2D eigenvalue weighted by atomic mass is 10.1. The first-order valence-electron chi connectivity index (χ1n) is 7.66. The lowest BCUT2D eigenvalue weighted by molar-refractivity contribution is -0.168. The third kappa shape index (κ3) is 6.15. The summed E-state index contributed by atoms with van der Waals surface area (Å²) in [6, 6.07) is 0. The van der Waals surface area contributed by atoms with Crippen LogP contribution in [0.15, 0.2) is 10.5 Å². The molecule has 0 fully saturated rings. The summed E-state index contributed by atoms with van der Waals surface area (Å²) in [7, 11) is 0. The average Bonchev–Trinajstić information content (AvgIpc) is 2.92. The van der Waals surface area contributed by atoms with E-state index in [2.05, 4.69) is 17.1 Å². The van der Waals surface area contributed by atoms with Crippen LogP contribution in [0, 0.1) is 0 Å². The highest BCUT2D eigenvalue weighted by atomic mass is 32.1. The Morgan fingerprint density at radius 3 is 2.62 bits per heavy atom. The van der Waals surface area contributed by atoms with Crippen molar-refractivity contribution in [3.05, 3.63) is 11.1 Å². The number of aromatic nitrogens is 1. The highest BCUT2D eigenvalue weighted by Crippen LogP contribution is 2.16. The lowest BCUT2D eigenvalue weighted by Gasteiger charge is -2.20. The Bertz CT molecular complexity index is 598. The molecule has 0 aliphatic carbocycles. The van der Waals surface area contributed by atoms with Gasteiger partial charge >= 0.3 is 11.9 Å². The van der Waals surface area contributed by atoms with Crippen molar-refractivity contribution in [2.75, 3.05) is 12.3 Å². The maximum atomic E-state index is 12.0. The molecule has 8 nitrogen and oxygen atoms in total. The summed E-state index contributed by atoms with van der Waals surface area (Å²) >= 11 is 1.08. The standard InChI is InChI=1S/C15H23N3O5S/c1-4-5-6-7-8-22-13(21)15(2,3)23-18-11(12(19)20)10-9-24-14(16)17-10/h9H,4-8H2,1-3H3,(H2,16,17)(H,19,20)/b18-11-. The van der Waals surface area contributed by atoms with Crippen molar-refractivity contribution in [2.24, 2.45) is 5.16 Å². The van der Waals surface area contributed by atoms with Crippen LogP contribution in [-0.4, -0.2) is 39.9 Å². The summed E-state index contributed by atoms with van der Waals surface area (Å²) in [4.78, 5) is 32.2. The number of hydrogen-bond donors (Lipinski definition) is 2. The molecule has 0 spiro atoms. The van der Waals surface area contributed by atoms with Gasteiger partial charge in [0.15, 0.2) is 5.13 Å². The molecule has 3 N–H and O–H groups in total. The number of carboxylic acid groups (broad SMARTS) is 1. The summed E-state index contributed by atoms with van der Waals surface area (Å²) in [5.41, 5.74) is 3.72. The van der Waals surface area contributed by atoms with Crippen LogP contribution in [0.25, 0.3) is 0 Å². The second kappa shape index (κ2) is 9.21. The Hall–Kier alpha value is -2.16. The number of thiazole rings is 1. The number of aliphatic carboxylic acids is 1. The average molecular weight is 357 g/mol. The van der Waals surface area contributed by atoms with E-state index in [0.29, 0.717) is 6.61 Å². The van der Waals surface area contributed by atoms with E-state index in [1.54, 1.807) is 0 Å². The molecule has 1 aromatic rings. The maximum Gasteiger partial charge on any atom is 0.360 e. The van der Waals surface area contributed by atoms with Crippen LogP contribution in [0.4, 0.5) is 5.13 Å². The predicted octanol–water partition coefficient (Wildman–Crippen LogP) is 2.43. The summed E-state index contributed by atoms with van der Waals surface area (Å²) in [5, 5.41) is 14.4. The predicted molar refractivity (Wildman–Crippen MR) is 91.0 cm³/mol. The van der Waals surface area contributed by atoms with Crippen LogP contribution < -0.4 is 5.73 Å². The second-order valence-corrected chi connectivity index (χ2v) is 6.50. The van der Waals surface area contributed by atoms with Gasteiger partial charge in [-0.25, -0.2) is 14.6 Å². The molecule has 0 bridgehead atoms. The molecule has 0 unspecified atom stereocenters. The van der Waals surface area contributed by atoms with Gasteiger partial charge in [-0.05, 0) is 20.3 Å². The fourth-order valence-electron chi connectivity index (χ4n) is 1.66. The van der Waals surface area contributed by atoms with Gasteiger partial charge in [-0.2, -0.15) is 0 Å². The number of carbonyl (C=O) groups is 2. The fourth-order valence-corrected chi connectivity index (χ4v) is 2.20. The van der Waals surface area contributed by atoms with E-state index in [1.807, 2.05) is 0 Å². The van der Waals surface area contributed by atoms with Crippen LogP contribution in [0.2, 0.25) is 0 Å². The number of rotatable bonds is 10. The van der Waals surface area contributed by atoms with E-state index in [1.165, 1.54) is 19.2 Å². The van der Waals surface area contributed by atoms with Crippen molar-refractivity contribution >= 4 is 34.1 Å². The summed E-state index contributed by atoms with van der Waals surface area (Å²) in [6.07, 6.45) is 3.94. The Kier molecular flexibility index (Phi) is 7.63. The molecule has 1 heterocycles.